The summed E-state index contributed by atoms with van der Waals surface area (Å²) in [5.74, 6) is 4.30. The number of likely N-dealkylation sites (tertiary alicyclic amines) is 1. The SMILES string of the molecule is NF.O=Cc1cc(-c2cccc(F)c2)cc2c(C3CCN(SCCCN4CCCC4)CC3)[nH]nc12. The van der Waals surface area contributed by atoms with E-state index in [0.717, 1.165) is 54.4 Å². The number of nitrogens with one attached hydrogen (secondary N) is 1. The van der Waals surface area contributed by atoms with Gasteiger partial charge in [0.05, 0.1) is 0 Å². The van der Waals surface area contributed by atoms with E-state index in [-0.39, 0.29) is 5.82 Å². The molecule has 9 heteroatoms. The maximum atomic E-state index is 13.8. The summed E-state index contributed by atoms with van der Waals surface area (Å²) in [6.45, 7) is 5.91. The fourth-order valence-corrected chi connectivity index (χ4v) is 6.15. The van der Waals surface area contributed by atoms with E-state index in [1.807, 2.05) is 18.0 Å². The molecule has 2 aliphatic heterocycles. The molecule has 0 unspecified atom stereocenters. The summed E-state index contributed by atoms with van der Waals surface area (Å²) in [7, 11) is 0. The molecule has 2 saturated heterocycles. The molecule has 3 N–H and O–H groups in total. The number of aromatic nitrogens is 2. The average Bonchev–Trinajstić information content (AvgIpc) is 3.58. The summed E-state index contributed by atoms with van der Waals surface area (Å²) in [6.07, 6.45) is 6.96. The highest BCUT2D eigenvalue weighted by atomic mass is 32.2. The zero-order valence-electron chi connectivity index (χ0n) is 19.9. The fourth-order valence-electron chi connectivity index (χ4n) is 5.16. The Labute approximate surface area is 209 Å². The minimum absolute atomic E-state index is 0.280. The first kappa shape index (κ1) is 25.8. The van der Waals surface area contributed by atoms with Crippen LogP contribution in [0.5, 0.6) is 0 Å². The Bertz CT molecular complexity index is 1110. The number of aromatic amines is 1. The first-order valence-electron chi connectivity index (χ1n) is 12.3. The van der Waals surface area contributed by atoms with E-state index in [0.29, 0.717) is 17.0 Å². The zero-order valence-corrected chi connectivity index (χ0v) is 20.7. The van der Waals surface area contributed by atoms with Crippen molar-refractivity contribution in [2.45, 2.75) is 38.0 Å². The standard InChI is InChI=1S/C26H31FN4OS.FH2N/c27-23-6-3-5-20(16-23)21-15-22(18-32)26-24(17-21)25(28-29-26)19-7-12-31(13-8-19)33-14-4-11-30-9-1-2-10-30;1-2/h3,5-6,15-19H,1-2,4,7-14H2,(H,28,29);2H2. The predicted octanol–water partition coefficient (Wildman–Crippen LogP) is 5.32. The van der Waals surface area contributed by atoms with Crippen LogP contribution < -0.4 is 5.96 Å². The number of nitrogens with two attached hydrogens (primary N) is 1. The molecule has 5 rings (SSSR count). The number of H-pyrrole nitrogens is 1. The van der Waals surface area contributed by atoms with Gasteiger partial charge in [-0.3, -0.25) is 14.2 Å². The Balaban J connectivity index is 0.00000141. The Morgan fingerprint density at radius 3 is 2.57 bits per heavy atom. The maximum absolute atomic E-state index is 13.8. The largest absolute Gasteiger partial charge is 0.303 e. The second kappa shape index (κ2) is 12.6. The monoisotopic (exact) mass is 501 g/mol. The molecule has 0 saturated carbocycles. The molecule has 0 atom stereocenters. The average molecular weight is 502 g/mol. The third-order valence-corrected chi connectivity index (χ3v) is 8.16. The lowest BCUT2D eigenvalue weighted by molar-refractivity contribution is 0.112. The molecular formula is C26H33F2N5OS. The van der Waals surface area contributed by atoms with Gasteiger partial charge in [0.25, 0.3) is 0 Å². The molecule has 0 aliphatic carbocycles. The van der Waals surface area contributed by atoms with E-state index in [4.69, 9.17) is 4.48 Å². The number of hydrogen-bond acceptors (Lipinski definition) is 6. The van der Waals surface area contributed by atoms with Crippen molar-refractivity contribution in [1.82, 2.24) is 19.4 Å². The zero-order chi connectivity index (χ0) is 24.6. The summed E-state index contributed by atoms with van der Waals surface area (Å²) in [5, 5.41) is 8.70. The number of rotatable bonds is 8. The molecular weight excluding hydrogens is 468 g/mol. The molecule has 2 fully saturated rings. The van der Waals surface area contributed by atoms with Gasteiger partial charge in [0, 0.05) is 41.4 Å². The van der Waals surface area contributed by atoms with Crippen molar-refractivity contribution < 1.29 is 13.7 Å². The smallest absolute Gasteiger partial charge is 0.152 e. The van der Waals surface area contributed by atoms with Crippen molar-refractivity contribution in [3.05, 3.63) is 53.5 Å². The lowest BCUT2D eigenvalue weighted by atomic mass is 9.91. The van der Waals surface area contributed by atoms with Gasteiger partial charge in [-0.15, -0.1) is 4.48 Å². The Morgan fingerprint density at radius 2 is 1.86 bits per heavy atom. The van der Waals surface area contributed by atoms with Gasteiger partial charge < -0.3 is 4.90 Å². The van der Waals surface area contributed by atoms with Crippen LogP contribution in [-0.4, -0.2) is 64.2 Å². The summed E-state index contributed by atoms with van der Waals surface area (Å²) < 4.78 is 25.3. The molecule has 6 nitrogen and oxygen atoms in total. The van der Waals surface area contributed by atoms with Gasteiger partial charge in [0.1, 0.15) is 11.3 Å². The van der Waals surface area contributed by atoms with Crippen molar-refractivity contribution >= 4 is 29.1 Å². The number of benzene rings is 2. The summed E-state index contributed by atoms with van der Waals surface area (Å²) >= 11 is 1.99. The molecule has 0 bridgehead atoms. The second-order valence-corrected chi connectivity index (χ2v) is 10.3. The van der Waals surface area contributed by atoms with Crippen LogP contribution in [0.4, 0.5) is 8.87 Å². The number of halogens is 2. The number of fused-ring (bicyclic) bond motifs is 1. The number of nitrogens with zero attached hydrogens (tertiary/aromatic N) is 3. The number of piperidine rings is 1. The van der Waals surface area contributed by atoms with Gasteiger partial charge in [-0.05, 0) is 87.1 Å². The summed E-state index contributed by atoms with van der Waals surface area (Å²) in [4.78, 5) is 14.4. The van der Waals surface area contributed by atoms with Crippen LogP contribution in [0.15, 0.2) is 36.4 Å². The van der Waals surface area contributed by atoms with Crippen molar-refractivity contribution in [1.29, 1.82) is 0 Å². The molecule has 1 aromatic heterocycles. The van der Waals surface area contributed by atoms with Crippen LogP contribution in [0.25, 0.3) is 22.0 Å². The van der Waals surface area contributed by atoms with E-state index in [9.17, 15) is 9.18 Å². The number of carbonyl (C=O) groups is 1. The first-order chi connectivity index (χ1) is 17.2. The van der Waals surface area contributed by atoms with Crippen molar-refractivity contribution in [2.75, 3.05) is 38.5 Å². The highest BCUT2D eigenvalue weighted by Crippen LogP contribution is 2.36. The first-order valence-corrected chi connectivity index (χ1v) is 13.2. The van der Waals surface area contributed by atoms with Gasteiger partial charge >= 0.3 is 0 Å². The highest BCUT2D eigenvalue weighted by molar-refractivity contribution is 7.97. The third-order valence-electron chi connectivity index (χ3n) is 6.96. The molecule has 2 aromatic carbocycles. The minimum atomic E-state index is -0.280. The minimum Gasteiger partial charge on any atom is -0.303 e. The second-order valence-electron chi connectivity index (χ2n) is 9.17. The van der Waals surface area contributed by atoms with Gasteiger partial charge in [0.2, 0.25) is 0 Å². The van der Waals surface area contributed by atoms with Crippen molar-refractivity contribution in [3.8, 4) is 11.1 Å². The van der Waals surface area contributed by atoms with E-state index < -0.39 is 0 Å². The molecule has 188 valence electrons. The molecule has 3 aromatic rings. The van der Waals surface area contributed by atoms with Crippen LogP contribution in [-0.2, 0) is 0 Å². The van der Waals surface area contributed by atoms with Gasteiger partial charge in [0.15, 0.2) is 6.29 Å². The van der Waals surface area contributed by atoms with Gasteiger partial charge in [-0.2, -0.15) is 11.1 Å². The molecule has 0 spiro atoms. The van der Waals surface area contributed by atoms with Crippen molar-refractivity contribution in [3.63, 3.8) is 0 Å². The van der Waals surface area contributed by atoms with Gasteiger partial charge in [-0.25, -0.2) is 4.39 Å². The molecule has 0 amide bonds. The number of carbonyl (C=O) groups excluding carboxylic acids is 1. The quantitative estimate of drug-likeness (QED) is 0.188. The highest BCUT2D eigenvalue weighted by Gasteiger charge is 2.25. The number of aldehydes is 1. The van der Waals surface area contributed by atoms with E-state index in [2.05, 4.69) is 31.4 Å². The van der Waals surface area contributed by atoms with Crippen LogP contribution in [0.1, 0.15) is 54.1 Å². The molecule has 0 radical (unpaired) electrons. The third kappa shape index (κ3) is 6.27. The normalized spacial score (nSPS) is 17.5. The van der Waals surface area contributed by atoms with Crippen LogP contribution >= 0.6 is 11.9 Å². The lowest BCUT2D eigenvalue weighted by Crippen LogP contribution is -2.28. The molecule has 3 heterocycles. The molecule has 35 heavy (non-hydrogen) atoms. The summed E-state index contributed by atoms with van der Waals surface area (Å²) in [5.41, 5.74) is 3.97. The Kier molecular flexibility index (Phi) is 9.25. The van der Waals surface area contributed by atoms with Crippen molar-refractivity contribution in [2.24, 2.45) is 5.96 Å². The fraction of sp³-hybridized carbons (Fsp3) is 0.462. The van der Waals surface area contributed by atoms with Crippen LogP contribution in [0.2, 0.25) is 0 Å². The topological polar surface area (TPSA) is 78.3 Å². The van der Waals surface area contributed by atoms with E-state index in [1.54, 1.807) is 12.1 Å². The summed E-state index contributed by atoms with van der Waals surface area (Å²) in [6, 6.07) is 10.4. The van der Waals surface area contributed by atoms with E-state index >= 15 is 0 Å². The number of hydrogen-bond donors (Lipinski definition) is 2. The predicted molar refractivity (Wildman–Crippen MR) is 138 cm³/mol. The Morgan fingerprint density at radius 1 is 1.09 bits per heavy atom. The van der Waals surface area contributed by atoms with Crippen LogP contribution in [0, 0.1) is 5.82 Å². The lowest BCUT2D eigenvalue weighted by Gasteiger charge is -2.30. The van der Waals surface area contributed by atoms with Crippen LogP contribution in [0.3, 0.4) is 0 Å². The molecule has 2 aliphatic rings. The Hall–Kier alpha value is -2.33. The van der Waals surface area contributed by atoms with E-state index in [1.165, 1.54) is 56.8 Å². The maximum Gasteiger partial charge on any atom is 0.152 e. The van der Waals surface area contributed by atoms with Gasteiger partial charge in [-0.1, -0.05) is 24.1 Å².